The first kappa shape index (κ1) is 20.1. The maximum Gasteiger partial charge on any atom is 0.240 e. The summed E-state index contributed by atoms with van der Waals surface area (Å²) in [5.74, 6) is -0.279. The first-order chi connectivity index (χ1) is 8.99. The van der Waals surface area contributed by atoms with Crippen LogP contribution in [0.3, 0.4) is 0 Å². The van der Waals surface area contributed by atoms with E-state index in [2.05, 4.69) is 10.2 Å². The van der Waals surface area contributed by atoms with E-state index in [-0.39, 0.29) is 36.5 Å². The number of hydrogen-bond acceptors (Lipinski definition) is 3. The third-order valence-corrected chi connectivity index (χ3v) is 3.39. The highest BCUT2D eigenvalue weighted by Crippen LogP contribution is 2.31. The Morgan fingerprint density at radius 1 is 1.33 bits per heavy atom. The number of nitrogens with zero attached hydrogens (tertiary/aromatic N) is 1. The van der Waals surface area contributed by atoms with Gasteiger partial charge in [0.25, 0.3) is 0 Å². The van der Waals surface area contributed by atoms with E-state index in [1.807, 2.05) is 7.05 Å². The van der Waals surface area contributed by atoms with Gasteiger partial charge >= 0.3 is 0 Å². The molecule has 1 saturated carbocycles. The summed E-state index contributed by atoms with van der Waals surface area (Å²) in [6.07, 6.45) is 1.56. The molecule has 0 saturated heterocycles. The van der Waals surface area contributed by atoms with Crippen LogP contribution in [-0.4, -0.2) is 36.5 Å². The Balaban J connectivity index is 0.00000200. The Morgan fingerprint density at radius 2 is 1.90 bits per heavy atom. The summed E-state index contributed by atoms with van der Waals surface area (Å²) >= 11 is 0. The summed E-state index contributed by atoms with van der Waals surface area (Å²) in [7, 11) is 1.96. The summed E-state index contributed by atoms with van der Waals surface area (Å²) < 4.78 is 12.8. The fraction of sp³-hybridized carbons (Fsp3) is 0.500. The van der Waals surface area contributed by atoms with Crippen LogP contribution in [0.1, 0.15) is 18.4 Å². The Bertz CT molecular complexity index is 452. The molecule has 0 aromatic heterocycles. The summed E-state index contributed by atoms with van der Waals surface area (Å²) in [4.78, 5) is 13.7. The summed E-state index contributed by atoms with van der Waals surface area (Å²) in [6.45, 7) is 2.04. The lowest BCUT2D eigenvalue weighted by molar-refractivity contribution is -0.123. The van der Waals surface area contributed by atoms with Crippen molar-refractivity contribution in [2.45, 2.75) is 24.9 Å². The number of nitrogens with one attached hydrogen (secondary N) is 1. The fourth-order valence-electron chi connectivity index (χ4n) is 1.88. The van der Waals surface area contributed by atoms with Crippen molar-refractivity contribution in [1.29, 1.82) is 0 Å². The number of halogens is 3. The standard InChI is InChI=1S/C14H20FN3O.2ClH/c1-18(10-11-2-4-12(15)5-3-11)9-8-17-13(19)14(16)6-7-14;;/h2-5H,6-10,16H2,1H3,(H,17,19);2*1H. The molecule has 0 atom stereocenters. The highest BCUT2D eigenvalue weighted by atomic mass is 35.5. The molecule has 120 valence electrons. The van der Waals surface area contributed by atoms with Crippen molar-refractivity contribution in [3.05, 3.63) is 35.6 Å². The Hall–Kier alpha value is -0.880. The smallest absolute Gasteiger partial charge is 0.240 e. The third kappa shape index (κ3) is 6.18. The molecule has 1 aromatic rings. The molecule has 0 aliphatic heterocycles. The zero-order chi connectivity index (χ0) is 13.9. The SMILES string of the molecule is CN(CCNC(=O)C1(N)CC1)Cc1ccc(F)cc1.Cl.Cl. The van der Waals surface area contributed by atoms with Gasteiger partial charge in [0, 0.05) is 19.6 Å². The van der Waals surface area contributed by atoms with Gasteiger partial charge in [-0.15, -0.1) is 24.8 Å². The van der Waals surface area contributed by atoms with E-state index in [1.165, 1.54) is 12.1 Å². The van der Waals surface area contributed by atoms with E-state index in [9.17, 15) is 9.18 Å². The van der Waals surface area contributed by atoms with Crippen molar-refractivity contribution in [2.75, 3.05) is 20.1 Å². The average Bonchev–Trinajstić information content (AvgIpc) is 3.11. The van der Waals surface area contributed by atoms with Crippen molar-refractivity contribution in [3.8, 4) is 0 Å². The van der Waals surface area contributed by atoms with E-state index >= 15 is 0 Å². The number of nitrogens with two attached hydrogens (primary N) is 1. The molecule has 0 bridgehead atoms. The van der Waals surface area contributed by atoms with Crippen molar-refractivity contribution in [3.63, 3.8) is 0 Å². The summed E-state index contributed by atoms with van der Waals surface area (Å²) in [5, 5.41) is 2.85. The van der Waals surface area contributed by atoms with E-state index in [4.69, 9.17) is 5.73 Å². The minimum Gasteiger partial charge on any atom is -0.353 e. The van der Waals surface area contributed by atoms with Gasteiger partial charge in [-0.1, -0.05) is 12.1 Å². The molecule has 0 unspecified atom stereocenters. The van der Waals surface area contributed by atoms with Crippen molar-refractivity contribution < 1.29 is 9.18 Å². The average molecular weight is 338 g/mol. The Kier molecular flexibility index (Phi) is 8.18. The van der Waals surface area contributed by atoms with Gasteiger partial charge in [-0.2, -0.15) is 0 Å². The van der Waals surface area contributed by atoms with E-state index in [0.29, 0.717) is 6.54 Å². The van der Waals surface area contributed by atoms with Gasteiger partial charge in [0.15, 0.2) is 0 Å². The molecule has 1 amide bonds. The summed E-state index contributed by atoms with van der Waals surface area (Å²) in [5.41, 5.74) is 6.23. The third-order valence-electron chi connectivity index (χ3n) is 3.39. The van der Waals surface area contributed by atoms with Crippen LogP contribution >= 0.6 is 24.8 Å². The van der Waals surface area contributed by atoms with Crippen LogP contribution in [0.5, 0.6) is 0 Å². The van der Waals surface area contributed by atoms with Crippen LogP contribution in [0.15, 0.2) is 24.3 Å². The van der Waals surface area contributed by atoms with Crippen molar-refractivity contribution in [1.82, 2.24) is 10.2 Å². The predicted molar refractivity (Wildman–Crippen MR) is 86.4 cm³/mol. The number of benzene rings is 1. The topological polar surface area (TPSA) is 58.4 Å². The predicted octanol–water partition coefficient (Wildman–Crippen LogP) is 1.71. The molecule has 1 aromatic carbocycles. The highest BCUT2D eigenvalue weighted by molar-refractivity contribution is 5.88. The molecule has 3 N–H and O–H groups in total. The molecule has 7 heteroatoms. The number of hydrogen-bond donors (Lipinski definition) is 2. The minimum absolute atomic E-state index is 0. The molecule has 0 radical (unpaired) electrons. The largest absolute Gasteiger partial charge is 0.353 e. The molecule has 21 heavy (non-hydrogen) atoms. The molecule has 0 heterocycles. The van der Waals surface area contributed by atoms with Gasteiger partial charge in [0.05, 0.1) is 5.54 Å². The first-order valence-electron chi connectivity index (χ1n) is 6.50. The molecule has 0 spiro atoms. The van der Waals surface area contributed by atoms with Crippen molar-refractivity contribution in [2.24, 2.45) is 5.73 Å². The molecule has 1 aliphatic rings. The minimum atomic E-state index is -0.602. The molecule has 4 nitrogen and oxygen atoms in total. The van der Waals surface area contributed by atoms with Gasteiger partial charge in [-0.05, 0) is 37.6 Å². The monoisotopic (exact) mass is 337 g/mol. The van der Waals surface area contributed by atoms with Crippen LogP contribution in [0.2, 0.25) is 0 Å². The van der Waals surface area contributed by atoms with Gasteiger partial charge in [0.2, 0.25) is 5.91 Å². The number of likely N-dealkylation sites (N-methyl/N-ethyl adjacent to an activating group) is 1. The molecule has 1 fully saturated rings. The highest BCUT2D eigenvalue weighted by Gasteiger charge is 2.45. The van der Waals surface area contributed by atoms with Gasteiger partial charge in [-0.3, -0.25) is 4.79 Å². The second-order valence-corrected chi connectivity index (χ2v) is 5.28. The van der Waals surface area contributed by atoms with E-state index in [1.54, 1.807) is 12.1 Å². The second-order valence-electron chi connectivity index (χ2n) is 5.28. The fourth-order valence-corrected chi connectivity index (χ4v) is 1.88. The van der Waals surface area contributed by atoms with E-state index < -0.39 is 5.54 Å². The Morgan fingerprint density at radius 3 is 2.43 bits per heavy atom. The first-order valence-corrected chi connectivity index (χ1v) is 6.50. The summed E-state index contributed by atoms with van der Waals surface area (Å²) in [6, 6.07) is 6.44. The van der Waals surface area contributed by atoms with Crippen LogP contribution in [0, 0.1) is 5.82 Å². The number of carbonyl (C=O) groups excluding carboxylic acids is 1. The maximum atomic E-state index is 12.8. The molecular weight excluding hydrogens is 316 g/mol. The molecular formula is C14H22Cl2FN3O. The van der Waals surface area contributed by atoms with Gasteiger partial charge in [-0.25, -0.2) is 4.39 Å². The van der Waals surface area contributed by atoms with Gasteiger partial charge in [0.1, 0.15) is 5.82 Å². The lowest BCUT2D eigenvalue weighted by Crippen LogP contribution is -2.44. The van der Waals surface area contributed by atoms with Gasteiger partial charge < -0.3 is 16.0 Å². The number of carbonyl (C=O) groups is 1. The lowest BCUT2D eigenvalue weighted by Gasteiger charge is -2.18. The second kappa shape index (κ2) is 8.54. The van der Waals surface area contributed by atoms with Crippen LogP contribution in [0.4, 0.5) is 4.39 Å². The zero-order valence-corrected chi connectivity index (χ0v) is 13.6. The lowest BCUT2D eigenvalue weighted by atomic mass is 10.2. The molecule has 1 aliphatic carbocycles. The van der Waals surface area contributed by atoms with E-state index in [0.717, 1.165) is 31.5 Å². The van der Waals surface area contributed by atoms with Crippen molar-refractivity contribution >= 4 is 30.7 Å². The molecule has 2 rings (SSSR count). The van der Waals surface area contributed by atoms with Crippen LogP contribution in [-0.2, 0) is 11.3 Å². The normalized spacial score (nSPS) is 14.9. The maximum absolute atomic E-state index is 12.8. The van der Waals surface area contributed by atoms with Crippen LogP contribution < -0.4 is 11.1 Å². The number of rotatable bonds is 6. The zero-order valence-electron chi connectivity index (χ0n) is 12.0. The number of amides is 1. The Labute approximate surface area is 137 Å². The van der Waals surface area contributed by atoms with Crippen LogP contribution in [0.25, 0.3) is 0 Å². The quantitative estimate of drug-likeness (QED) is 0.830.